The maximum Gasteiger partial charge on any atom is 0.0641 e. The van der Waals surface area contributed by atoms with Crippen molar-refractivity contribution < 1.29 is 4.74 Å². The van der Waals surface area contributed by atoms with Crippen molar-refractivity contribution in [2.24, 2.45) is 0 Å². The molecule has 0 saturated heterocycles. The third-order valence-electron chi connectivity index (χ3n) is 2.38. The fourth-order valence-electron chi connectivity index (χ4n) is 1.47. The number of alkyl halides is 1. The lowest BCUT2D eigenvalue weighted by Crippen LogP contribution is -2.23. The van der Waals surface area contributed by atoms with Crippen LogP contribution in [0.4, 0.5) is 5.69 Å². The molecule has 0 aliphatic heterocycles. The van der Waals surface area contributed by atoms with Crippen LogP contribution in [0.25, 0.3) is 0 Å². The zero-order chi connectivity index (χ0) is 12.0. The predicted molar refractivity (Wildman–Crippen MR) is 73.8 cm³/mol. The van der Waals surface area contributed by atoms with Gasteiger partial charge in [0.25, 0.3) is 0 Å². The van der Waals surface area contributed by atoms with Crippen molar-refractivity contribution >= 4 is 33.2 Å². The number of ether oxygens (including phenoxy) is 1. The summed E-state index contributed by atoms with van der Waals surface area (Å²) in [7, 11) is 2.05. The zero-order valence-corrected chi connectivity index (χ0v) is 12.0. The van der Waals surface area contributed by atoms with E-state index in [1.165, 1.54) is 5.56 Å². The molecule has 0 N–H and O–H groups in total. The Bertz CT molecular complexity index is 333. The van der Waals surface area contributed by atoms with E-state index < -0.39 is 0 Å². The second kappa shape index (κ2) is 7.15. The summed E-state index contributed by atoms with van der Waals surface area (Å²) >= 11 is 9.49. The highest BCUT2D eigenvalue weighted by Gasteiger charge is 2.07. The summed E-state index contributed by atoms with van der Waals surface area (Å²) in [4.78, 5) is 2.16. The first-order valence-corrected chi connectivity index (χ1v) is 6.82. The Balaban J connectivity index is 2.72. The van der Waals surface area contributed by atoms with Crippen LogP contribution in [-0.2, 0) is 10.1 Å². The van der Waals surface area contributed by atoms with Crippen LogP contribution in [0.1, 0.15) is 12.5 Å². The smallest absolute Gasteiger partial charge is 0.0641 e. The van der Waals surface area contributed by atoms with Gasteiger partial charge in [-0.3, -0.25) is 0 Å². The van der Waals surface area contributed by atoms with E-state index in [9.17, 15) is 0 Å². The maximum absolute atomic E-state index is 6.01. The van der Waals surface area contributed by atoms with Gasteiger partial charge in [-0.15, -0.1) is 0 Å². The molecule has 90 valence electrons. The molecule has 0 aromatic heterocycles. The first-order valence-electron chi connectivity index (χ1n) is 5.32. The van der Waals surface area contributed by atoms with Gasteiger partial charge in [0.05, 0.1) is 6.61 Å². The molecule has 2 nitrogen and oxygen atoms in total. The van der Waals surface area contributed by atoms with E-state index in [1.807, 2.05) is 25.1 Å². The first-order chi connectivity index (χ1) is 7.69. The molecule has 0 unspecified atom stereocenters. The lowest BCUT2D eigenvalue weighted by molar-refractivity contribution is 0.154. The highest BCUT2D eigenvalue weighted by Crippen LogP contribution is 2.25. The molecule has 0 aliphatic carbocycles. The molecule has 1 rings (SSSR count). The molecule has 0 fully saturated rings. The van der Waals surface area contributed by atoms with Crippen molar-refractivity contribution in [3.05, 3.63) is 28.8 Å². The van der Waals surface area contributed by atoms with Crippen molar-refractivity contribution in [3.8, 4) is 0 Å². The van der Waals surface area contributed by atoms with Gasteiger partial charge < -0.3 is 9.64 Å². The molecule has 0 spiro atoms. The van der Waals surface area contributed by atoms with Gasteiger partial charge in [0.15, 0.2) is 0 Å². The second-order valence-electron chi connectivity index (χ2n) is 3.53. The average molecular weight is 307 g/mol. The Morgan fingerprint density at radius 2 is 2.19 bits per heavy atom. The molecular formula is C12H17BrClNO. The van der Waals surface area contributed by atoms with Crippen molar-refractivity contribution in [2.45, 2.75) is 12.3 Å². The van der Waals surface area contributed by atoms with E-state index in [4.69, 9.17) is 16.3 Å². The predicted octanol–water partition coefficient (Wildman–Crippen LogP) is 3.71. The minimum Gasteiger partial charge on any atom is -0.380 e. The van der Waals surface area contributed by atoms with Crippen LogP contribution in [-0.4, -0.2) is 26.8 Å². The third-order valence-corrected chi connectivity index (χ3v) is 3.22. The molecule has 0 heterocycles. The Hall–Kier alpha value is -0.250. The van der Waals surface area contributed by atoms with Crippen LogP contribution in [0, 0.1) is 0 Å². The molecule has 1 aromatic carbocycles. The number of nitrogens with zero attached hydrogens (tertiary/aromatic N) is 1. The van der Waals surface area contributed by atoms with Gasteiger partial charge >= 0.3 is 0 Å². The van der Waals surface area contributed by atoms with Crippen molar-refractivity contribution in [2.75, 3.05) is 31.7 Å². The SMILES string of the molecule is CCOCCN(C)c1cc(Cl)ccc1CBr. The van der Waals surface area contributed by atoms with Gasteiger partial charge in [-0.05, 0) is 24.6 Å². The summed E-state index contributed by atoms with van der Waals surface area (Å²) in [6, 6.07) is 5.95. The molecule has 0 aliphatic rings. The molecule has 0 atom stereocenters. The Labute approximate surface area is 111 Å². The largest absolute Gasteiger partial charge is 0.380 e. The molecule has 4 heteroatoms. The van der Waals surface area contributed by atoms with E-state index in [0.717, 1.165) is 35.8 Å². The van der Waals surface area contributed by atoms with E-state index >= 15 is 0 Å². The Kier molecular flexibility index (Phi) is 6.17. The fourth-order valence-corrected chi connectivity index (χ4v) is 2.11. The van der Waals surface area contributed by atoms with Gasteiger partial charge in [-0.25, -0.2) is 0 Å². The van der Waals surface area contributed by atoms with Crippen LogP contribution in [0.3, 0.4) is 0 Å². The summed E-state index contributed by atoms with van der Waals surface area (Å²) in [5.41, 5.74) is 2.40. The van der Waals surface area contributed by atoms with E-state index in [0.29, 0.717) is 0 Å². The first kappa shape index (κ1) is 13.8. The minimum absolute atomic E-state index is 0.737. The zero-order valence-electron chi connectivity index (χ0n) is 9.67. The van der Waals surface area contributed by atoms with Crippen LogP contribution >= 0.6 is 27.5 Å². The number of rotatable bonds is 6. The molecule has 0 radical (unpaired) electrons. The van der Waals surface area contributed by atoms with E-state index in [1.54, 1.807) is 0 Å². The van der Waals surface area contributed by atoms with Crippen molar-refractivity contribution in [1.29, 1.82) is 0 Å². The molecule has 16 heavy (non-hydrogen) atoms. The van der Waals surface area contributed by atoms with Crippen LogP contribution < -0.4 is 4.90 Å². The molecule has 0 bridgehead atoms. The van der Waals surface area contributed by atoms with Gasteiger partial charge in [0.1, 0.15) is 0 Å². The fraction of sp³-hybridized carbons (Fsp3) is 0.500. The van der Waals surface area contributed by atoms with Gasteiger partial charge in [0, 0.05) is 36.2 Å². The third kappa shape index (κ3) is 3.96. The Morgan fingerprint density at radius 3 is 2.81 bits per heavy atom. The molecular weight excluding hydrogens is 289 g/mol. The summed E-state index contributed by atoms with van der Waals surface area (Å²) in [6.45, 7) is 4.37. The summed E-state index contributed by atoms with van der Waals surface area (Å²) in [5, 5.41) is 1.60. The van der Waals surface area contributed by atoms with Gasteiger partial charge in [-0.1, -0.05) is 33.6 Å². The van der Waals surface area contributed by atoms with Crippen LogP contribution in [0.15, 0.2) is 18.2 Å². The number of halogens is 2. The highest BCUT2D eigenvalue weighted by atomic mass is 79.9. The van der Waals surface area contributed by atoms with Gasteiger partial charge in [-0.2, -0.15) is 0 Å². The highest BCUT2D eigenvalue weighted by molar-refractivity contribution is 9.08. The summed E-state index contributed by atoms with van der Waals surface area (Å²) < 4.78 is 5.34. The normalized spacial score (nSPS) is 10.5. The van der Waals surface area contributed by atoms with Crippen LogP contribution in [0.2, 0.25) is 5.02 Å². The molecule has 0 saturated carbocycles. The number of likely N-dealkylation sites (N-methyl/N-ethyl adjacent to an activating group) is 1. The van der Waals surface area contributed by atoms with E-state index in [-0.39, 0.29) is 0 Å². The maximum atomic E-state index is 6.01. The standard InChI is InChI=1S/C12H17BrClNO/c1-3-16-7-6-15(2)12-8-11(14)5-4-10(12)9-13/h4-5,8H,3,6-7,9H2,1-2H3. The number of hydrogen-bond acceptors (Lipinski definition) is 2. The number of hydrogen-bond donors (Lipinski definition) is 0. The summed E-state index contributed by atoms with van der Waals surface area (Å²) in [5.74, 6) is 0. The summed E-state index contributed by atoms with van der Waals surface area (Å²) in [6.07, 6.45) is 0. The number of benzene rings is 1. The van der Waals surface area contributed by atoms with Crippen molar-refractivity contribution in [1.82, 2.24) is 0 Å². The molecule has 1 aromatic rings. The van der Waals surface area contributed by atoms with Crippen molar-refractivity contribution in [3.63, 3.8) is 0 Å². The van der Waals surface area contributed by atoms with E-state index in [2.05, 4.69) is 27.9 Å². The topological polar surface area (TPSA) is 12.5 Å². The monoisotopic (exact) mass is 305 g/mol. The lowest BCUT2D eigenvalue weighted by atomic mass is 10.2. The quantitative estimate of drug-likeness (QED) is 0.587. The number of anilines is 1. The average Bonchev–Trinajstić information content (AvgIpc) is 2.29. The molecule has 0 amide bonds. The lowest BCUT2D eigenvalue weighted by Gasteiger charge is -2.22. The van der Waals surface area contributed by atoms with Crippen LogP contribution in [0.5, 0.6) is 0 Å². The minimum atomic E-state index is 0.737. The van der Waals surface area contributed by atoms with Gasteiger partial charge in [0.2, 0.25) is 0 Å². The Morgan fingerprint density at radius 1 is 1.44 bits per heavy atom. The second-order valence-corrected chi connectivity index (χ2v) is 4.52.